The van der Waals surface area contributed by atoms with Gasteiger partial charge in [-0.3, -0.25) is 19.6 Å². The summed E-state index contributed by atoms with van der Waals surface area (Å²) in [5, 5.41) is 0. The molecule has 5 aromatic carbocycles. The molecule has 0 aliphatic carbocycles. The number of hydrogen-bond donors (Lipinski definition) is 4. The molecule has 206 valence electrons. The predicted octanol–water partition coefficient (Wildman–Crippen LogP) is 7.34. The minimum Gasteiger partial charge on any atom is -0.404 e. The Morgan fingerprint density at radius 3 is 0.850 bits per heavy atom. The molecule has 0 heterocycles. The second-order valence-electron chi connectivity index (χ2n) is 8.10. The topological polar surface area (TPSA) is 134 Å². The largest absolute Gasteiger partial charge is 0.524 e. The van der Waals surface area contributed by atoms with Crippen LogP contribution in [0.25, 0.3) is 22.3 Å². The van der Waals surface area contributed by atoms with Gasteiger partial charge < -0.3 is 9.05 Å². The van der Waals surface area contributed by atoms with Gasteiger partial charge in [0.05, 0.1) is 0 Å². The molecule has 0 fully saturated rings. The lowest BCUT2D eigenvalue weighted by molar-refractivity contribution is 0.280. The van der Waals surface area contributed by atoms with Gasteiger partial charge in [0, 0.05) is 6.07 Å². The van der Waals surface area contributed by atoms with Gasteiger partial charge in [0.25, 0.3) is 0 Å². The average Bonchev–Trinajstić information content (AvgIpc) is 2.94. The fourth-order valence-corrected chi connectivity index (χ4v) is 4.16. The molecule has 0 amide bonds. The van der Waals surface area contributed by atoms with E-state index in [9.17, 15) is 9.13 Å². The van der Waals surface area contributed by atoms with Gasteiger partial charge in [0.15, 0.2) is 0 Å². The first kappa shape index (κ1) is 30.5. The smallest absolute Gasteiger partial charge is 0.404 e. The molecular formula is C30H28O8P2. The van der Waals surface area contributed by atoms with Crippen LogP contribution in [0, 0.1) is 0 Å². The Bertz CT molecular complexity index is 1330. The van der Waals surface area contributed by atoms with E-state index in [0.29, 0.717) is 0 Å². The second-order valence-corrected chi connectivity index (χ2v) is 10.4. The summed E-state index contributed by atoms with van der Waals surface area (Å²) in [6, 6.07) is 46.2. The van der Waals surface area contributed by atoms with Crippen molar-refractivity contribution in [2.45, 2.75) is 0 Å². The Balaban J connectivity index is 0.000000167. The van der Waals surface area contributed by atoms with Crippen LogP contribution in [0.15, 0.2) is 146 Å². The SMILES string of the molecule is O=P(O)(O)Oc1cccc(OP(=O)(O)O)c1.c1ccc(-c2ccccc2)cc1.c1ccc(-c2ccccc2)cc1. The lowest BCUT2D eigenvalue weighted by Gasteiger charge is -2.09. The molecule has 0 saturated heterocycles. The summed E-state index contributed by atoms with van der Waals surface area (Å²) < 4.78 is 29.3. The molecule has 0 unspecified atom stereocenters. The van der Waals surface area contributed by atoms with E-state index in [2.05, 4.69) is 106 Å². The molecule has 0 aliphatic rings. The quantitative estimate of drug-likeness (QED) is 0.154. The molecule has 0 atom stereocenters. The summed E-state index contributed by atoms with van der Waals surface area (Å²) in [5.41, 5.74) is 5.10. The van der Waals surface area contributed by atoms with Gasteiger partial charge in [-0.05, 0) is 34.4 Å². The number of hydrogen-bond acceptors (Lipinski definition) is 4. The third-order valence-corrected chi connectivity index (χ3v) is 5.91. The zero-order valence-electron chi connectivity index (χ0n) is 21.2. The Morgan fingerprint density at radius 1 is 0.375 bits per heavy atom. The van der Waals surface area contributed by atoms with Crippen molar-refractivity contribution >= 4 is 15.6 Å². The monoisotopic (exact) mass is 578 g/mol. The van der Waals surface area contributed by atoms with Gasteiger partial charge >= 0.3 is 15.6 Å². The van der Waals surface area contributed by atoms with Crippen molar-refractivity contribution in [2.75, 3.05) is 0 Å². The Hall–Kier alpha value is -4.00. The highest BCUT2D eigenvalue weighted by molar-refractivity contribution is 7.47. The van der Waals surface area contributed by atoms with Crippen molar-refractivity contribution in [3.63, 3.8) is 0 Å². The van der Waals surface area contributed by atoms with E-state index in [1.54, 1.807) is 0 Å². The van der Waals surface area contributed by atoms with Gasteiger partial charge in [-0.25, -0.2) is 9.13 Å². The first-order chi connectivity index (χ1) is 19.1. The number of rotatable bonds is 6. The summed E-state index contributed by atoms with van der Waals surface area (Å²) in [6.07, 6.45) is 0. The van der Waals surface area contributed by atoms with Crippen LogP contribution < -0.4 is 9.05 Å². The van der Waals surface area contributed by atoms with E-state index in [0.717, 1.165) is 6.07 Å². The molecule has 40 heavy (non-hydrogen) atoms. The average molecular weight is 578 g/mol. The number of phosphoric acid groups is 2. The van der Waals surface area contributed by atoms with E-state index in [-0.39, 0.29) is 11.5 Å². The molecule has 0 aliphatic heterocycles. The molecule has 8 nitrogen and oxygen atoms in total. The van der Waals surface area contributed by atoms with Gasteiger partial charge in [0.1, 0.15) is 11.5 Å². The van der Waals surface area contributed by atoms with Crippen molar-refractivity contribution in [1.29, 1.82) is 0 Å². The summed E-state index contributed by atoms with van der Waals surface area (Å²) in [5.74, 6) is -0.529. The summed E-state index contributed by atoms with van der Waals surface area (Å²) in [7, 11) is -9.42. The Kier molecular flexibility index (Phi) is 11.4. The molecule has 4 N–H and O–H groups in total. The highest BCUT2D eigenvalue weighted by atomic mass is 31.2. The van der Waals surface area contributed by atoms with Crippen LogP contribution in [0.3, 0.4) is 0 Å². The zero-order valence-corrected chi connectivity index (χ0v) is 23.0. The zero-order chi connectivity index (χ0) is 28.8. The first-order valence-electron chi connectivity index (χ1n) is 11.9. The fraction of sp³-hybridized carbons (Fsp3) is 0. The minimum atomic E-state index is -4.71. The maximum atomic E-state index is 10.5. The fourth-order valence-electron chi connectivity index (χ4n) is 3.38. The molecule has 0 radical (unpaired) electrons. The maximum absolute atomic E-state index is 10.5. The molecule has 0 bridgehead atoms. The van der Waals surface area contributed by atoms with Crippen LogP contribution >= 0.6 is 15.6 Å². The van der Waals surface area contributed by atoms with Crippen molar-refractivity contribution < 1.29 is 37.8 Å². The van der Waals surface area contributed by atoms with Crippen molar-refractivity contribution in [3.8, 4) is 33.8 Å². The van der Waals surface area contributed by atoms with Gasteiger partial charge in [-0.1, -0.05) is 127 Å². The summed E-state index contributed by atoms with van der Waals surface area (Å²) in [6.45, 7) is 0. The van der Waals surface area contributed by atoms with E-state index >= 15 is 0 Å². The van der Waals surface area contributed by atoms with Crippen LogP contribution in [0.1, 0.15) is 0 Å². The molecular weight excluding hydrogens is 550 g/mol. The molecule has 0 spiro atoms. The van der Waals surface area contributed by atoms with Crippen molar-refractivity contribution in [2.24, 2.45) is 0 Å². The van der Waals surface area contributed by atoms with Crippen molar-refractivity contribution in [1.82, 2.24) is 0 Å². The summed E-state index contributed by atoms with van der Waals surface area (Å²) in [4.78, 5) is 34.0. The Morgan fingerprint density at radius 2 is 0.625 bits per heavy atom. The van der Waals surface area contributed by atoms with E-state index in [1.165, 1.54) is 40.5 Å². The third kappa shape index (κ3) is 11.8. The van der Waals surface area contributed by atoms with E-state index in [4.69, 9.17) is 19.6 Å². The van der Waals surface area contributed by atoms with E-state index in [1.807, 2.05) is 24.3 Å². The van der Waals surface area contributed by atoms with Gasteiger partial charge in [-0.2, -0.15) is 0 Å². The van der Waals surface area contributed by atoms with Gasteiger partial charge in [-0.15, -0.1) is 0 Å². The summed E-state index contributed by atoms with van der Waals surface area (Å²) >= 11 is 0. The molecule has 5 aromatic rings. The van der Waals surface area contributed by atoms with Crippen LogP contribution in [-0.4, -0.2) is 19.6 Å². The maximum Gasteiger partial charge on any atom is 0.524 e. The van der Waals surface area contributed by atoms with Crippen LogP contribution in [-0.2, 0) is 9.13 Å². The normalized spacial score (nSPS) is 10.7. The lowest BCUT2D eigenvalue weighted by Crippen LogP contribution is -1.92. The minimum absolute atomic E-state index is 0.265. The predicted molar refractivity (Wildman–Crippen MR) is 156 cm³/mol. The first-order valence-corrected chi connectivity index (χ1v) is 15.0. The number of benzene rings is 5. The highest BCUT2D eigenvalue weighted by Gasteiger charge is 2.19. The second kappa shape index (κ2) is 15.0. The van der Waals surface area contributed by atoms with Crippen LogP contribution in [0.5, 0.6) is 11.5 Å². The molecule has 0 aromatic heterocycles. The lowest BCUT2D eigenvalue weighted by atomic mass is 10.1. The number of phosphoric ester groups is 2. The molecule has 10 heteroatoms. The van der Waals surface area contributed by atoms with Gasteiger partial charge in [0.2, 0.25) is 0 Å². The standard InChI is InChI=1S/2C12H10.C6H8O8P2/c2*1-3-7-11(8-4-1)12-9-5-2-6-10-12;7-15(8,9)13-5-2-1-3-6(4-5)14-16(10,11)12/h2*1-10H;1-4H,(H2,7,8,9)(H2,10,11,12). The Labute approximate surface area is 232 Å². The van der Waals surface area contributed by atoms with Crippen LogP contribution in [0.4, 0.5) is 0 Å². The third-order valence-electron chi connectivity index (χ3n) is 5.02. The molecule has 5 rings (SSSR count). The highest BCUT2D eigenvalue weighted by Crippen LogP contribution is 2.41. The molecule has 0 saturated carbocycles. The van der Waals surface area contributed by atoms with Crippen molar-refractivity contribution in [3.05, 3.63) is 146 Å². The van der Waals surface area contributed by atoms with E-state index < -0.39 is 15.6 Å². The van der Waals surface area contributed by atoms with Crippen LogP contribution in [0.2, 0.25) is 0 Å².